The molecule has 0 spiro atoms. The van der Waals surface area contributed by atoms with Gasteiger partial charge in [-0.3, -0.25) is 19.1 Å². The van der Waals surface area contributed by atoms with E-state index < -0.39 is 23.0 Å². The predicted octanol–water partition coefficient (Wildman–Crippen LogP) is 3.01. The smallest absolute Gasteiger partial charge is 0.330 e. The van der Waals surface area contributed by atoms with Gasteiger partial charge in [-0.05, 0) is 36.6 Å². The van der Waals surface area contributed by atoms with Gasteiger partial charge < -0.3 is 16.0 Å². The Morgan fingerprint density at radius 1 is 1.18 bits per heavy atom. The molecule has 4 N–H and O–H groups in total. The summed E-state index contributed by atoms with van der Waals surface area (Å²) in [5.41, 5.74) is 6.66. The van der Waals surface area contributed by atoms with Crippen molar-refractivity contribution in [1.29, 1.82) is 0 Å². The quantitative estimate of drug-likeness (QED) is 0.461. The van der Waals surface area contributed by atoms with Crippen LogP contribution in [0, 0.1) is 12.7 Å². The van der Waals surface area contributed by atoms with Crippen LogP contribution in [0.5, 0.6) is 0 Å². The van der Waals surface area contributed by atoms with Gasteiger partial charge in [-0.25, -0.2) is 9.18 Å². The molecule has 3 aromatic rings. The molecule has 0 unspecified atom stereocenters. The summed E-state index contributed by atoms with van der Waals surface area (Å²) in [6.07, 6.45) is 1.54. The molecule has 0 aliphatic carbocycles. The Balaban J connectivity index is 1.96. The average molecular weight is 454 g/mol. The van der Waals surface area contributed by atoms with E-state index in [9.17, 15) is 18.8 Å². The highest BCUT2D eigenvalue weighted by molar-refractivity contribution is 5.94. The monoisotopic (exact) mass is 453 g/mol. The summed E-state index contributed by atoms with van der Waals surface area (Å²) in [7, 11) is 0. The molecular weight excluding hydrogens is 425 g/mol. The third-order valence-electron chi connectivity index (χ3n) is 5.27. The van der Waals surface area contributed by atoms with E-state index in [1.165, 1.54) is 15.5 Å². The highest BCUT2D eigenvalue weighted by atomic mass is 19.1. The molecule has 1 heterocycles. The largest absolute Gasteiger partial charge is 0.383 e. The van der Waals surface area contributed by atoms with E-state index in [4.69, 9.17) is 5.73 Å². The highest BCUT2D eigenvalue weighted by Gasteiger charge is 2.21. The molecule has 0 aliphatic heterocycles. The third kappa shape index (κ3) is 5.88. The molecule has 0 atom stereocenters. The van der Waals surface area contributed by atoms with Crippen LogP contribution >= 0.6 is 0 Å². The molecule has 1 aromatic heterocycles. The Labute approximate surface area is 190 Å². The van der Waals surface area contributed by atoms with Gasteiger partial charge in [0, 0.05) is 18.8 Å². The second-order valence-corrected chi connectivity index (χ2v) is 7.85. The average Bonchev–Trinajstić information content (AvgIpc) is 2.76. The molecule has 0 radical (unpaired) electrons. The maximum absolute atomic E-state index is 13.9. The van der Waals surface area contributed by atoms with Crippen molar-refractivity contribution in [2.24, 2.45) is 0 Å². The van der Waals surface area contributed by atoms with Gasteiger partial charge in [-0.2, -0.15) is 0 Å². The first-order chi connectivity index (χ1) is 15.8. The van der Waals surface area contributed by atoms with Gasteiger partial charge in [0.05, 0.1) is 6.54 Å². The maximum Gasteiger partial charge on any atom is 0.330 e. The molecular formula is C24H28FN5O3. The number of aryl methyl sites for hydroxylation is 1. The number of amides is 1. The van der Waals surface area contributed by atoms with Gasteiger partial charge in [0.25, 0.3) is 5.56 Å². The molecule has 2 aromatic carbocycles. The van der Waals surface area contributed by atoms with E-state index in [0.717, 1.165) is 12.0 Å². The lowest BCUT2D eigenvalue weighted by atomic mass is 10.2. The van der Waals surface area contributed by atoms with Crippen LogP contribution in [0.25, 0.3) is 0 Å². The fraction of sp³-hybridized carbons (Fsp3) is 0.292. The normalized spacial score (nSPS) is 10.8. The van der Waals surface area contributed by atoms with Crippen LogP contribution in [-0.4, -0.2) is 22.0 Å². The number of aromatic nitrogens is 2. The number of halogens is 1. The number of nitrogens with zero attached hydrogens (tertiary/aromatic N) is 2. The number of nitrogens with two attached hydrogens (primary N) is 1. The minimum absolute atomic E-state index is 0.00214. The molecule has 0 bridgehead atoms. The van der Waals surface area contributed by atoms with Gasteiger partial charge in [0.1, 0.15) is 17.3 Å². The van der Waals surface area contributed by atoms with Crippen molar-refractivity contribution in [3.05, 3.63) is 86.3 Å². The van der Waals surface area contributed by atoms with Crippen molar-refractivity contribution in [3.8, 4) is 0 Å². The van der Waals surface area contributed by atoms with Crippen LogP contribution in [0.2, 0.25) is 0 Å². The summed E-state index contributed by atoms with van der Waals surface area (Å²) in [5, 5.41) is 2.65. The second-order valence-electron chi connectivity index (χ2n) is 7.85. The van der Waals surface area contributed by atoms with Crippen molar-refractivity contribution in [3.63, 3.8) is 0 Å². The number of carbonyl (C=O) groups is 1. The van der Waals surface area contributed by atoms with E-state index in [2.05, 4.69) is 10.3 Å². The fourth-order valence-corrected chi connectivity index (χ4v) is 3.48. The molecule has 0 saturated carbocycles. The Hall–Kier alpha value is -3.88. The number of hydrogen-bond acceptors (Lipinski definition) is 5. The Morgan fingerprint density at radius 3 is 2.58 bits per heavy atom. The van der Waals surface area contributed by atoms with Crippen molar-refractivity contribution < 1.29 is 9.18 Å². The van der Waals surface area contributed by atoms with Crippen LogP contribution in [0.1, 0.15) is 30.9 Å². The third-order valence-corrected chi connectivity index (χ3v) is 5.27. The van der Waals surface area contributed by atoms with Crippen LogP contribution in [0.4, 0.5) is 21.6 Å². The van der Waals surface area contributed by atoms with Crippen LogP contribution in [0.3, 0.4) is 0 Å². The number of H-pyrrole nitrogens is 1. The first-order valence-corrected chi connectivity index (χ1v) is 10.8. The van der Waals surface area contributed by atoms with Crippen LogP contribution in [0.15, 0.2) is 58.1 Å². The van der Waals surface area contributed by atoms with Crippen molar-refractivity contribution >= 4 is 23.1 Å². The number of aromatic amines is 1. The van der Waals surface area contributed by atoms with Gasteiger partial charge in [0.2, 0.25) is 5.91 Å². The van der Waals surface area contributed by atoms with Crippen molar-refractivity contribution in [1.82, 2.24) is 9.55 Å². The van der Waals surface area contributed by atoms with E-state index in [-0.39, 0.29) is 24.6 Å². The Morgan fingerprint density at radius 2 is 1.91 bits per heavy atom. The lowest BCUT2D eigenvalue weighted by Crippen LogP contribution is -2.41. The Kier molecular flexibility index (Phi) is 7.66. The molecule has 3 rings (SSSR count). The molecule has 174 valence electrons. The Bertz CT molecular complexity index is 1240. The molecule has 1 amide bonds. The SMILES string of the molecule is CCCCn1c(N)c(N(CC(=O)Nc2ccc(C)c(F)c2)Cc2ccccc2)c(=O)[nH]c1=O. The summed E-state index contributed by atoms with van der Waals surface area (Å²) >= 11 is 0. The number of hydrogen-bond donors (Lipinski definition) is 3. The molecule has 0 fully saturated rings. The number of benzene rings is 2. The zero-order chi connectivity index (χ0) is 24.0. The number of nitrogens with one attached hydrogen (secondary N) is 2. The van der Waals surface area contributed by atoms with Crippen LogP contribution < -0.4 is 27.2 Å². The zero-order valence-electron chi connectivity index (χ0n) is 18.7. The van der Waals surface area contributed by atoms with Gasteiger partial charge in [-0.15, -0.1) is 0 Å². The van der Waals surface area contributed by atoms with E-state index in [1.54, 1.807) is 19.1 Å². The number of rotatable bonds is 9. The summed E-state index contributed by atoms with van der Waals surface area (Å²) < 4.78 is 15.2. The van der Waals surface area contributed by atoms with Crippen LogP contribution in [-0.2, 0) is 17.9 Å². The molecule has 0 aliphatic rings. The van der Waals surface area contributed by atoms with Gasteiger partial charge in [-0.1, -0.05) is 49.7 Å². The summed E-state index contributed by atoms with van der Waals surface area (Å²) in [6.45, 7) is 3.93. The van der Waals surface area contributed by atoms with Gasteiger partial charge >= 0.3 is 5.69 Å². The summed E-state index contributed by atoms with van der Waals surface area (Å²) in [4.78, 5) is 41.7. The lowest BCUT2D eigenvalue weighted by molar-refractivity contribution is -0.115. The van der Waals surface area contributed by atoms with Crippen molar-refractivity contribution in [2.75, 3.05) is 22.5 Å². The molecule has 0 saturated heterocycles. The minimum atomic E-state index is -0.671. The molecule has 9 heteroatoms. The zero-order valence-corrected chi connectivity index (χ0v) is 18.7. The van der Waals surface area contributed by atoms with Gasteiger partial charge in [0.15, 0.2) is 0 Å². The predicted molar refractivity (Wildman–Crippen MR) is 128 cm³/mol. The molecule has 8 nitrogen and oxygen atoms in total. The first-order valence-electron chi connectivity index (χ1n) is 10.8. The summed E-state index contributed by atoms with van der Waals surface area (Å²) in [6, 6.07) is 13.7. The van der Waals surface area contributed by atoms with E-state index in [0.29, 0.717) is 24.2 Å². The standard InChI is InChI=1S/C24H28FN5O3/c1-3-4-12-30-22(26)21(23(32)28-24(30)33)29(14-17-8-6-5-7-9-17)15-20(31)27-18-11-10-16(2)19(25)13-18/h5-11,13H,3-4,12,14-15,26H2,1-2H3,(H,27,31)(H,28,32,33). The maximum atomic E-state index is 13.9. The summed E-state index contributed by atoms with van der Waals surface area (Å²) in [5.74, 6) is -0.890. The topological polar surface area (TPSA) is 113 Å². The highest BCUT2D eigenvalue weighted by Crippen LogP contribution is 2.20. The lowest BCUT2D eigenvalue weighted by Gasteiger charge is -2.26. The van der Waals surface area contributed by atoms with Crippen molar-refractivity contribution in [2.45, 2.75) is 39.8 Å². The molecule has 33 heavy (non-hydrogen) atoms. The van der Waals surface area contributed by atoms with E-state index >= 15 is 0 Å². The minimum Gasteiger partial charge on any atom is -0.383 e. The fourth-order valence-electron chi connectivity index (χ4n) is 3.48. The number of unbranched alkanes of at least 4 members (excludes halogenated alkanes) is 1. The number of anilines is 3. The van der Waals surface area contributed by atoms with E-state index in [1.807, 2.05) is 37.3 Å². The number of carbonyl (C=O) groups excluding carboxylic acids is 1. The number of nitrogen functional groups attached to an aromatic ring is 1. The first kappa shape index (κ1) is 23.8. The second kappa shape index (κ2) is 10.6.